The van der Waals surface area contributed by atoms with Gasteiger partial charge in [-0.25, -0.2) is 0 Å². The molecule has 0 N–H and O–H groups in total. The highest BCUT2D eigenvalue weighted by Crippen LogP contribution is 2.25. The van der Waals surface area contributed by atoms with Gasteiger partial charge in [-0.2, -0.15) is 0 Å². The first-order valence-corrected chi connectivity index (χ1v) is 6.83. The van der Waals surface area contributed by atoms with Gasteiger partial charge in [-0.1, -0.05) is 42.5 Å². The standard InChI is InChI=1S/C15H10BrNS/c16-12-6-2-4-8-14(12)17-13-7-3-1-5-11(13)9-10-15(17)18/h1-10H. The second-order valence-electron chi connectivity index (χ2n) is 4.02. The number of aromatic nitrogens is 1. The molecule has 0 radical (unpaired) electrons. The summed E-state index contributed by atoms with van der Waals surface area (Å²) in [5.41, 5.74) is 2.19. The largest absolute Gasteiger partial charge is 0.300 e. The molecule has 3 heteroatoms. The van der Waals surface area contributed by atoms with Gasteiger partial charge in [0.25, 0.3) is 0 Å². The van der Waals surface area contributed by atoms with Crippen LogP contribution in [0.25, 0.3) is 16.6 Å². The molecule has 0 atom stereocenters. The van der Waals surface area contributed by atoms with Crippen LogP contribution in [0.5, 0.6) is 0 Å². The van der Waals surface area contributed by atoms with Crippen LogP contribution < -0.4 is 0 Å². The number of hydrogen-bond acceptors (Lipinski definition) is 1. The summed E-state index contributed by atoms with van der Waals surface area (Å²) in [5.74, 6) is 0. The van der Waals surface area contributed by atoms with Gasteiger partial charge in [0.1, 0.15) is 4.64 Å². The van der Waals surface area contributed by atoms with Crippen molar-refractivity contribution in [2.45, 2.75) is 0 Å². The average molecular weight is 316 g/mol. The Morgan fingerprint density at radius 2 is 1.56 bits per heavy atom. The second kappa shape index (κ2) is 4.67. The predicted octanol–water partition coefficient (Wildman–Crippen LogP) is 5.12. The minimum atomic E-state index is 0.806. The number of para-hydroxylation sites is 2. The summed E-state index contributed by atoms with van der Waals surface area (Å²) < 4.78 is 3.94. The fraction of sp³-hybridized carbons (Fsp3) is 0. The van der Waals surface area contributed by atoms with Crippen molar-refractivity contribution in [1.82, 2.24) is 4.57 Å². The zero-order chi connectivity index (χ0) is 12.5. The highest BCUT2D eigenvalue weighted by Gasteiger charge is 2.05. The summed E-state index contributed by atoms with van der Waals surface area (Å²) in [4.78, 5) is 0. The smallest absolute Gasteiger partial charge is 0.110 e. The molecule has 0 aliphatic heterocycles. The van der Waals surface area contributed by atoms with Crippen molar-refractivity contribution in [2.75, 3.05) is 0 Å². The summed E-state index contributed by atoms with van der Waals surface area (Å²) >= 11 is 9.05. The number of benzene rings is 2. The summed E-state index contributed by atoms with van der Waals surface area (Å²) in [6.45, 7) is 0. The van der Waals surface area contributed by atoms with E-state index in [1.54, 1.807) is 0 Å². The van der Waals surface area contributed by atoms with Crippen molar-refractivity contribution in [3.63, 3.8) is 0 Å². The average Bonchev–Trinajstić information content (AvgIpc) is 2.40. The minimum absolute atomic E-state index is 0.806. The number of hydrogen-bond donors (Lipinski definition) is 0. The molecule has 0 saturated heterocycles. The Morgan fingerprint density at radius 1 is 0.833 bits per heavy atom. The number of halogens is 1. The first-order valence-electron chi connectivity index (χ1n) is 5.63. The number of fused-ring (bicyclic) bond motifs is 1. The van der Waals surface area contributed by atoms with E-state index in [0.29, 0.717) is 0 Å². The SMILES string of the molecule is S=c1ccc2ccccc2n1-c1ccccc1Br. The lowest BCUT2D eigenvalue weighted by atomic mass is 10.2. The quantitative estimate of drug-likeness (QED) is 0.564. The first kappa shape index (κ1) is 11.6. The van der Waals surface area contributed by atoms with Gasteiger partial charge in [0, 0.05) is 4.47 Å². The van der Waals surface area contributed by atoms with E-state index in [1.807, 2.05) is 36.4 Å². The number of rotatable bonds is 1. The Balaban J connectivity index is 2.46. The minimum Gasteiger partial charge on any atom is -0.300 e. The molecule has 0 fully saturated rings. The van der Waals surface area contributed by atoms with Crippen LogP contribution in [0.2, 0.25) is 0 Å². The topological polar surface area (TPSA) is 4.93 Å². The van der Waals surface area contributed by atoms with Crippen LogP contribution in [0.4, 0.5) is 0 Å². The van der Waals surface area contributed by atoms with Gasteiger partial charge in [-0.05, 0) is 51.6 Å². The molecule has 0 aliphatic rings. The summed E-state index contributed by atoms with van der Waals surface area (Å²) in [7, 11) is 0. The van der Waals surface area contributed by atoms with Crippen LogP contribution in [-0.4, -0.2) is 4.57 Å². The van der Waals surface area contributed by atoms with Gasteiger partial charge in [0.2, 0.25) is 0 Å². The number of pyridine rings is 1. The zero-order valence-corrected chi connectivity index (χ0v) is 11.9. The van der Waals surface area contributed by atoms with Gasteiger partial charge in [-0.15, -0.1) is 0 Å². The van der Waals surface area contributed by atoms with Gasteiger partial charge in [0.05, 0.1) is 11.2 Å². The predicted molar refractivity (Wildman–Crippen MR) is 81.8 cm³/mol. The molecule has 0 aliphatic carbocycles. The first-order chi connectivity index (χ1) is 8.77. The third-order valence-corrected chi connectivity index (χ3v) is 3.89. The van der Waals surface area contributed by atoms with E-state index in [2.05, 4.69) is 44.8 Å². The van der Waals surface area contributed by atoms with E-state index in [4.69, 9.17) is 12.2 Å². The summed E-state index contributed by atoms with van der Waals surface area (Å²) in [6, 6.07) is 20.4. The maximum atomic E-state index is 5.46. The van der Waals surface area contributed by atoms with E-state index < -0.39 is 0 Å². The molecule has 1 nitrogen and oxygen atoms in total. The van der Waals surface area contributed by atoms with Crippen LogP contribution >= 0.6 is 28.1 Å². The normalized spacial score (nSPS) is 10.7. The fourth-order valence-corrected chi connectivity index (χ4v) is 2.79. The lowest BCUT2D eigenvalue weighted by Crippen LogP contribution is -1.99. The molecule has 88 valence electrons. The van der Waals surface area contributed by atoms with E-state index >= 15 is 0 Å². The molecule has 2 aromatic carbocycles. The monoisotopic (exact) mass is 315 g/mol. The molecule has 3 aromatic rings. The van der Waals surface area contributed by atoms with Crippen molar-refractivity contribution < 1.29 is 0 Å². The lowest BCUT2D eigenvalue weighted by molar-refractivity contribution is 1.07. The molecule has 0 bridgehead atoms. The molecule has 0 spiro atoms. The Kier molecular flexibility index (Phi) is 3.02. The van der Waals surface area contributed by atoms with Crippen molar-refractivity contribution in [1.29, 1.82) is 0 Å². The summed E-state index contributed by atoms with van der Waals surface area (Å²) in [5, 5.41) is 1.18. The van der Waals surface area contributed by atoms with Crippen LogP contribution in [-0.2, 0) is 0 Å². The molecule has 1 heterocycles. The Hall–Kier alpha value is -1.45. The maximum Gasteiger partial charge on any atom is 0.110 e. The van der Waals surface area contributed by atoms with Gasteiger partial charge in [-0.3, -0.25) is 4.57 Å². The van der Waals surface area contributed by atoms with Crippen LogP contribution in [0.3, 0.4) is 0 Å². The molecule has 0 amide bonds. The summed E-state index contributed by atoms with van der Waals surface area (Å²) in [6.07, 6.45) is 0. The van der Waals surface area contributed by atoms with Crippen molar-refractivity contribution in [3.8, 4) is 5.69 Å². The van der Waals surface area contributed by atoms with E-state index in [-0.39, 0.29) is 0 Å². The third-order valence-electron chi connectivity index (χ3n) is 2.90. The van der Waals surface area contributed by atoms with Gasteiger partial charge >= 0.3 is 0 Å². The van der Waals surface area contributed by atoms with Crippen molar-refractivity contribution in [3.05, 3.63) is 69.8 Å². The Morgan fingerprint density at radius 3 is 2.39 bits per heavy atom. The third kappa shape index (κ3) is 1.89. The van der Waals surface area contributed by atoms with Crippen molar-refractivity contribution >= 4 is 39.1 Å². The van der Waals surface area contributed by atoms with E-state index in [9.17, 15) is 0 Å². The molecule has 1 aromatic heterocycles. The highest BCUT2D eigenvalue weighted by molar-refractivity contribution is 9.10. The molecule has 3 rings (SSSR count). The molecule has 0 unspecified atom stereocenters. The van der Waals surface area contributed by atoms with E-state index in [1.165, 1.54) is 5.39 Å². The Labute approximate surface area is 119 Å². The van der Waals surface area contributed by atoms with Gasteiger partial charge in [0.15, 0.2) is 0 Å². The second-order valence-corrected chi connectivity index (χ2v) is 5.29. The molecule has 0 saturated carbocycles. The Bertz CT molecular complexity index is 777. The number of nitrogens with zero attached hydrogens (tertiary/aromatic N) is 1. The lowest BCUT2D eigenvalue weighted by Gasteiger charge is -2.13. The molecular formula is C15H10BrNS. The molecule has 18 heavy (non-hydrogen) atoms. The zero-order valence-electron chi connectivity index (χ0n) is 9.51. The molecular weight excluding hydrogens is 306 g/mol. The van der Waals surface area contributed by atoms with Crippen molar-refractivity contribution in [2.24, 2.45) is 0 Å². The van der Waals surface area contributed by atoms with Crippen LogP contribution in [0.15, 0.2) is 65.1 Å². The van der Waals surface area contributed by atoms with Crippen LogP contribution in [0, 0.1) is 4.64 Å². The highest BCUT2D eigenvalue weighted by atomic mass is 79.9. The fourth-order valence-electron chi connectivity index (χ4n) is 2.07. The van der Waals surface area contributed by atoms with Gasteiger partial charge < -0.3 is 0 Å². The van der Waals surface area contributed by atoms with Crippen LogP contribution in [0.1, 0.15) is 0 Å². The maximum absolute atomic E-state index is 5.46. The van der Waals surface area contributed by atoms with E-state index in [0.717, 1.165) is 20.3 Å².